The van der Waals surface area contributed by atoms with Gasteiger partial charge >= 0.3 is 6.18 Å². The number of halogens is 5. The van der Waals surface area contributed by atoms with Gasteiger partial charge in [-0.3, -0.25) is 4.79 Å². The Morgan fingerprint density at radius 2 is 1.78 bits per heavy atom. The predicted molar refractivity (Wildman–Crippen MR) is 123 cm³/mol. The number of pyridine rings is 2. The first-order valence-electron chi connectivity index (χ1n) is 10.8. The number of aromatic nitrogens is 2. The number of carbonyl (C=O) groups excluding carboxylic acids is 1. The SMILES string of the molecule is CC(C)(C)N(C(=O)c1cc(C#N)c(C(F)(F)F)nc1N1CCC(F)(F)CC1)c1ccnc(S(N)(=O)=O)c1. The van der Waals surface area contributed by atoms with Crippen molar-refractivity contribution >= 4 is 27.4 Å². The van der Waals surface area contributed by atoms with Crippen LogP contribution >= 0.6 is 0 Å². The van der Waals surface area contributed by atoms with E-state index in [-0.39, 0.29) is 18.8 Å². The van der Waals surface area contributed by atoms with Gasteiger partial charge in [0, 0.05) is 49.4 Å². The van der Waals surface area contributed by atoms with Crippen molar-refractivity contribution in [3.05, 3.63) is 41.2 Å². The molecule has 200 valence electrons. The van der Waals surface area contributed by atoms with Gasteiger partial charge in [0.15, 0.2) is 10.7 Å². The van der Waals surface area contributed by atoms with Crippen LogP contribution in [0.3, 0.4) is 0 Å². The minimum atomic E-state index is -5.06. The summed E-state index contributed by atoms with van der Waals surface area (Å²) in [6.07, 6.45) is -5.32. The summed E-state index contributed by atoms with van der Waals surface area (Å²) in [5.41, 5.74) is -4.03. The first-order chi connectivity index (χ1) is 16.8. The van der Waals surface area contributed by atoms with E-state index in [0.717, 1.165) is 28.1 Å². The summed E-state index contributed by atoms with van der Waals surface area (Å²) >= 11 is 0. The third-order valence-corrected chi connectivity index (χ3v) is 6.36. The number of rotatable bonds is 4. The molecule has 15 heteroatoms. The van der Waals surface area contributed by atoms with E-state index in [1.54, 1.807) is 20.8 Å². The largest absolute Gasteiger partial charge is 0.434 e. The van der Waals surface area contributed by atoms with E-state index in [4.69, 9.17) is 5.14 Å². The number of carbonyl (C=O) groups is 1. The van der Waals surface area contributed by atoms with Crippen molar-refractivity contribution in [2.75, 3.05) is 22.9 Å². The quantitative estimate of drug-likeness (QED) is 0.578. The summed E-state index contributed by atoms with van der Waals surface area (Å²) in [6.45, 7) is 3.96. The highest BCUT2D eigenvalue weighted by atomic mass is 32.2. The molecule has 37 heavy (non-hydrogen) atoms. The van der Waals surface area contributed by atoms with Gasteiger partial charge in [0.2, 0.25) is 0 Å². The molecule has 0 aromatic carbocycles. The minimum absolute atomic E-state index is 0.00828. The van der Waals surface area contributed by atoms with Gasteiger partial charge in [-0.2, -0.15) is 18.4 Å². The highest BCUT2D eigenvalue weighted by molar-refractivity contribution is 7.89. The van der Waals surface area contributed by atoms with E-state index < -0.39 is 74.1 Å². The van der Waals surface area contributed by atoms with Gasteiger partial charge < -0.3 is 9.80 Å². The summed E-state index contributed by atoms with van der Waals surface area (Å²) in [5, 5.41) is 14.0. The number of nitriles is 1. The maximum atomic E-state index is 13.9. The topological polar surface area (TPSA) is 133 Å². The molecule has 0 atom stereocenters. The summed E-state index contributed by atoms with van der Waals surface area (Å²) in [7, 11) is -4.27. The third-order valence-electron chi connectivity index (χ3n) is 5.56. The van der Waals surface area contributed by atoms with Gasteiger partial charge in [-0.25, -0.2) is 32.3 Å². The number of piperidine rings is 1. The van der Waals surface area contributed by atoms with Crippen LogP contribution in [0.15, 0.2) is 29.4 Å². The number of anilines is 2. The molecular formula is C22H23F5N6O3S. The zero-order valence-corrected chi connectivity index (χ0v) is 20.8. The number of primary sulfonamides is 1. The lowest BCUT2D eigenvalue weighted by atomic mass is 10.0. The molecule has 1 amide bonds. The molecule has 0 saturated carbocycles. The van der Waals surface area contributed by atoms with Crippen LogP contribution in [0.5, 0.6) is 0 Å². The lowest BCUT2D eigenvalue weighted by Gasteiger charge is -2.38. The van der Waals surface area contributed by atoms with Crippen molar-refractivity contribution in [2.45, 2.75) is 56.3 Å². The number of nitrogens with two attached hydrogens (primary N) is 1. The molecular weight excluding hydrogens is 523 g/mol. The zero-order chi connectivity index (χ0) is 28.0. The Balaban J connectivity index is 2.25. The lowest BCUT2D eigenvalue weighted by Crippen LogP contribution is -2.47. The fourth-order valence-corrected chi connectivity index (χ4v) is 4.37. The molecule has 0 radical (unpaired) electrons. The summed E-state index contributed by atoms with van der Waals surface area (Å²) < 4.78 is 92.2. The number of hydrogen-bond acceptors (Lipinski definition) is 7. The van der Waals surface area contributed by atoms with Crippen molar-refractivity contribution in [3.8, 4) is 6.07 Å². The van der Waals surface area contributed by atoms with E-state index in [1.165, 1.54) is 12.1 Å². The van der Waals surface area contributed by atoms with Crippen molar-refractivity contribution in [1.82, 2.24) is 9.97 Å². The minimum Gasteiger partial charge on any atom is -0.355 e. The smallest absolute Gasteiger partial charge is 0.355 e. The Kier molecular flexibility index (Phi) is 7.23. The van der Waals surface area contributed by atoms with Crippen LogP contribution in [0, 0.1) is 11.3 Å². The van der Waals surface area contributed by atoms with Crippen LogP contribution in [-0.2, 0) is 16.2 Å². The maximum absolute atomic E-state index is 13.9. The van der Waals surface area contributed by atoms with Crippen molar-refractivity contribution in [2.24, 2.45) is 5.14 Å². The molecule has 2 N–H and O–H groups in total. The Morgan fingerprint density at radius 1 is 1.19 bits per heavy atom. The van der Waals surface area contributed by atoms with Crippen molar-refractivity contribution in [3.63, 3.8) is 0 Å². The molecule has 1 aliphatic heterocycles. The van der Waals surface area contributed by atoms with E-state index in [0.29, 0.717) is 0 Å². The number of hydrogen-bond donors (Lipinski definition) is 1. The van der Waals surface area contributed by atoms with Gasteiger partial charge in [-0.05, 0) is 32.9 Å². The molecule has 0 bridgehead atoms. The molecule has 1 saturated heterocycles. The summed E-state index contributed by atoms with van der Waals surface area (Å²) in [6, 6.07) is 4.42. The van der Waals surface area contributed by atoms with Gasteiger partial charge in [-0.1, -0.05) is 0 Å². The molecule has 1 aliphatic rings. The van der Waals surface area contributed by atoms with E-state index in [2.05, 4.69) is 9.97 Å². The Bertz CT molecular complexity index is 1360. The molecule has 2 aromatic rings. The van der Waals surface area contributed by atoms with Crippen LogP contribution in [-0.4, -0.2) is 48.8 Å². The van der Waals surface area contributed by atoms with Crippen LogP contribution in [0.4, 0.5) is 33.5 Å². The normalized spacial score (nSPS) is 16.3. The van der Waals surface area contributed by atoms with E-state index in [9.17, 15) is 40.4 Å². The Labute approximate surface area is 209 Å². The molecule has 9 nitrogen and oxygen atoms in total. The molecule has 0 spiro atoms. The van der Waals surface area contributed by atoms with E-state index >= 15 is 0 Å². The number of alkyl halides is 5. The molecule has 2 aromatic heterocycles. The van der Waals surface area contributed by atoms with Crippen LogP contribution in [0.25, 0.3) is 0 Å². The summed E-state index contributed by atoms with van der Waals surface area (Å²) in [4.78, 5) is 23.4. The second-order valence-corrected chi connectivity index (χ2v) is 10.9. The highest BCUT2D eigenvalue weighted by Crippen LogP contribution is 2.38. The van der Waals surface area contributed by atoms with Gasteiger partial charge in [-0.15, -0.1) is 0 Å². The maximum Gasteiger partial charge on any atom is 0.434 e. The van der Waals surface area contributed by atoms with Crippen LogP contribution in [0.2, 0.25) is 0 Å². The number of nitrogens with zero attached hydrogens (tertiary/aromatic N) is 5. The van der Waals surface area contributed by atoms with E-state index in [1.807, 2.05) is 0 Å². The van der Waals surface area contributed by atoms with Crippen LogP contribution in [0.1, 0.15) is 55.2 Å². The third kappa shape index (κ3) is 6.13. The van der Waals surface area contributed by atoms with Gasteiger partial charge in [0.05, 0.1) is 11.1 Å². The molecule has 1 fully saturated rings. The number of amides is 1. The van der Waals surface area contributed by atoms with Crippen molar-refractivity contribution in [1.29, 1.82) is 5.26 Å². The number of sulfonamides is 1. The second-order valence-electron chi connectivity index (χ2n) is 9.42. The monoisotopic (exact) mass is 546 g/mol. The van der Waals surface area contributed by atoms with Gasteiger partial charge in [0.25, 0.3) is 21.9 Å². The average Bonchev–Trinajstić information content (AvgIpc) is 2.76. The second kappa shape index (κ2) is 9.49. The molecule has 3 rings (SSSR count). The zero-order valence-electron chi connectivity index (χ0n) is 20.0. The van der Waals surface area contributed by atoms with Crippen molar-refractivity contribution < 1.29 is 35.2 Å². The Hall–Kier alpha value is -3.38. The first kappa shape index (κ1) is 28.2. The first-order valence-corrected chi connectivity index (χ1v) is 12.4. The highest BCUT2D eigenvalue weighted by Gasteiger charge is 2.41. The Morgan fingerprint density at radius 3 is 2.27 bits per heavy atom. The molecule has 0 aliphatic carbocycles. The molecule has 0 unspecified atom stereocenters. The predicted octanol–water partition coefficient (Wildman–Crippen LogP) is 3.70. The fraction of sp³-hybridized carbons (Fsp3) is 0.455. The average molecular weight is 547 g/mol. The summed E-state index contributed by atoms with van der Waals surface area (Å²) in [5.74, 6) is -4.48. The van der Waals surface area contributed by atoms with Gasteiger partial charge in [0.1, 0.15) is 11.9 Å². The van der Waals surface area contributed by atoms with Crippen LogP contribution < -0.4 is 14.9 Å². The molecule has 3 heterocycles. The fourth-order valence-electron chi connectivity index (χ4n) is 3.87. The lowest BCUT2D eigenvalue weighted by molar-refractivity contribution is -0.141. The standard InChI is InChI=1S/C22H23F5N6O3S/c1-20(2,3)33(14-4-7-30-16(11-14)37(29,35)36)19(34)15-10-13(12-28)17(22(25,26)27)31-18(15)32-8-5-21(23,24)6-9-32/h4,7,10-11H,5-6,8-9H2,1-3H3,(H2,29,35,36).